The molecule has 1 fully saturated rings. The molecule has 0 radical (unpaired) electrons. The monoisotopic (exact) mass is 359 g/mol. The zero-order valence-electron chi connectivity index (χ0n) is 15.4. The number of nitrogens with one attached hydrogen (secondary N) is 1. The molecule has 1 aromatic rings. The van der Waals surface area contributed by atoms with Gasteiger partial charge >= 0.3 is 6.09 Å². The Hall–Kier alpha value is -2.57. The number of para-hydroxylation sites is 1. The van der Waals surface area contributed by atoms with E-state index in [1.165, 1.54) is 0 Å². The summed E-state index contributed by atoms with van der Waals surface area (Å²) in [4.78, 5) is 40.4. The van der Waals surface area contributed by atoms with Crippen LogP contribution in [0.25, 0.3) is 0 Å². The minimum absolute atomic E-state index is 0.0591. The smallest absolute Gasteiger partial charge is 0.410 e. The molecule has 0 saturated carbocycles. The van der Waals surface area contributed by atoms with Crippen LogP contribution in [0.3, 0.4) is 0 Å². The van der Waals surface area contributed by atoms with Crippen LogP contribution in [0, 0.1) is 0 Å². The molecular formula is C19H25N3O4. The fourth-order valence-electron chi connectivity index (χ4n) is 3.29. The van der Waals surface area contributed by atoms with E-state index in [9.17, 15) is 14.4 Å². The molecule has 3 rings (SSSR count). The molecule has 0 aliphatic carbocycles. The number of piperazine rings is 1. The van der Waals surface area contributed by atoms with Crippen LogP contribution in [0.15, 0.2) is 24.3 Å². The van der Waals surface area contributed by atoms with Crippen molar-refractivity contribution in [2.24, 2.45) is 0 Å². The normalized spacial score (nSPS) is 20.3. The molecule has 140 valence electrons. The van der Waals surface area contributed by atoms with Crippen molar-refractivity contribution < 1.29 is 19.1 Å². The molecule has 1 unspecified atom stereocenters. The topological polar surface area (TPSA) is 79.0 Å². The molecule has 1 saturated heterocycles. The molecule has 1 atom stereocenters. The Balaban J connectivity index is 1.64. The average Bonchev–Trinajstić information content (AvgIpc) is 2.59. The van der Waals surface area contributed by atoms with E-state index in [1.54, 1.807) is 9.80 Å². The fraction of sp³-hybridized carbons (Fsp3) is 0.526. The third-order valence-electron chi connectivity index (χ3n) is 4.54. The molecule has 3 amide bonds. The quantitative estimate of drug-likeness (QED) is 0.834. The Morgan fingerprint density at radius 2 is 1.69 bits per heavy atom. The Labute approximate surface area is 153 Å². The molecule has 2 aliphatic heterocycles. The minimum atomic E-state index is -0.538. The Bertz CT molecular complexity index is 718. The number of carbonyl (C=O) groups is 3. The van der Waals surface area contributed by atoms with Crippen molar-refractivity contribution in [3.8, 4) is 0 Å². The molecule has 0 spiro atoms. The SMILES string of the molecule is CC(C)(C)OC(=O)N1CCN(C(=O)C2CC(=O)Nc3ccccc32)CC1. The molecule has 2 aliphatic rings. The van der Waals surface area contributed by atoms with Crippen molar-refractivity contribution in [2.45, 2.75) is 38.7 Å². The first kappa shape index (κ1) is 18.2. The highest BCUT2D eigenvalue weighted by Crippen LogP contribution is 2.33. The molecular weight excluding hydrogens is 334 g/mol. The number of rotatable bonds is 1. The van der Waals surface area contributed by atoms with Crippen molar-refractivity contribution in [1.82, 2.24) is 9.80 Å². The van der Waals surface area contributed by atoms with Gasteiger partial charge in [-0.3, -0.25) is 9.59 Å². The number of hydrogen-bond donors (Lipinski definition) is 1. The van der Waals surface area contributed by atoms with Gasteiger partial charge in [0.1, 0.15) is 5.60 Å². The first-order valence-electron chi connectivity index (χ1n) is 8.90. The first-order valence-corrected chi connectivity index (χ1v) is 8.90. The Morgan fingerprint density at radius 3 is 2.35 bits per heavy atom. The predicted molar refractivity (Wildman–Crippen MR) is 96.8 cm³/mol. The van der Waals surface area contributed by atoms with Gasteiger partial charge in [-0.1, -0.05) is 18.2 Å². The fourth-order valence-corrected chi connectivity index (χ4v) is 3.29. The van der Waals surface area contributed by atoms with Crippen LogP contribution in [-0.2, 0) is 14.3 Å². The van der Waals surface area contributed by atoms with Crippen molar-refractivity contribution in [3.05, 3.63) is 29.8 Å². The lowest BCUT2D eigenvalue weighted by Crippen LogP contribution is -2.53. The predicted octanol–water partition coefficient (Wildman–Crippen LogP) is 2.19. The Kier molecular flexibility index (Phi) is 4.89. The second-order valence-electron chi connectivity index (χ2n) is 7.68. The maximum atomic E-state index is 13.0. The number of amides is 3. The van der Waals surface area contributed by atoms with Crippen molar-refractivity contribution in [3.63, 3.8) is 0 Å². The van der Waals surface area contributed by atoms with E-state index in [1.807, 2.05) is 45.0 Å². The van der Waals surface area contributed by atoms with Gasteiger partial charge in [0.05, 0.1) is 5.92 Å². The summed E-state index contributed by atoms with van der Waals surface area (Å²) < 4.78 is 5.38. The molecule has 2 heterocycles. The summed E-state index contributed by atoms with van der Waals surface area (Å²) in [5, 5.41) is 2.81. The lowest BCUT2D eigenvalue weighted by Gasteiger charge is -2.37. The second-order valence-corrected chi connectivity index (χ2v) is 7.68. The third-order valence-corrected chi connectivity index (χ3v) is 4.54. The number of ether oxygens (including phenoxy) is 1. The molecule has 0 aromatic heterocycles. The van der Waals surface area contributed by atoms with Crippen LogP contribution in [0.1, 0.15) is 38.7 Å². The van der Waals surface area contributed by atoms with E-state index in [2.05, 4.69) is 5.32 Å². The van der Waals surface area contributed by atoms with Crippen LogP contribution < -0.4 is 5.32 Å². The van der Waals surface area contributed by atoms with Crippen LogP contribution in [0.5, 0.6) is 0 Å². The van der Waals surface area contributed by atoms with Gasteiger partial charge in [-0.15, -0.1) is 0 Å². The summed E-state index contributed by atoms with van der Waals surface area (Å²) in [6, 6.07) is 7.41. The molecule has 7 nitrogen and oxygen atoms in total. The van der Waals surface area contributed by atoms with Gasteiger partial charge in [0.2, 0.25) is 11.8 Å². The number of hydrogen-bond acceptors (Lipinski definition) is 4. The average molecular weight is 359 g/mol. The number of fused-ring (bicyclic) bond motifs is 1. The summed E-state index contributed by atoms with van der Waals surface area (Å²) in [5.74, 6) is -0.668. The largest absolute Gasteiger partial charge is 0.444 e. The van der Waals surface area contributed by atoms with Crippen LogP contribution in [0.2, 0.25) is 0 Å². The zero-order valence-corrected chi connectivity index (χ0v) is 15.4. The molecule has 1 aromatic carbocycles. The molecule has 7 heteroatoms. The van der Waals surface area contributed by atoms with E-state index in [0.29, 0.717) is 31.9 Å². The van der Waals surface area contributed by atoms with Crippen molar-refractivity contribution in [1.29, 1.82) is 0 Å². The Morgan fingerprint density at radius 1 is 1.08 bits per heavy atom. The number of anilines is 1. The maximum absolute atomic E-state index is 13.0. The maximum Gasteiger partial charge on any atom is 0.410 e. The summed E-state index contributed by atoms with van der Waals surface area (Å²) in [6.07, 6.45) is -0.200. The standard InChI is InChI=1S/C19H25N3O4/c1-19(2,3)26-18(25)22-10-8-21(9-11-22)17(24)14-12-16(23)20-15-7-5-4-6-13(14)15/h4-7,14H,8-12H2,1-3H3,(H,20,23). The first-order chi connectivity index (χ1) is 12.2. The van der Waals surface area contributed by atoms with Gasteiger partial charge in [0, 0.05) is 38.3 Å². The van der Waals surface area contributed by atoms with E-state index in [4.69, 9.17) is 4.74 Å². The van der Waals surface area contributed by atoms with Gasteiger partial charge in [0.25, 0.3) is 0 Å². The molecule has 26 heavy (non-hydrogen) atoms. The lowest BCUT2D eigenvalue weighted by molar-refractivity contribution is -0.136. The number of nitrogens with zero attached hydrogens (tertiary/aromatic N) is 2. The highest BCUT2D eigenvalue weighted by molar-refractivity contribution is 6.01. The van der Waals surface area contributed by atoms with Gasteiger partial charge in [-0.05, 0) is 32.4 Å². The lowest BCUT2D eigenvalue weighted by atomic mass is 9.89. The summed E-state index contributed by atoms with van der Waals surface area (Å²) >= 11 is 0. The molecule has 0 bridgehead atoms. The molecule has 1 N–H and O–H groups in total. The van der Waals surface area contributed by atoms with Crippen molar-refractivity contribution >= 4 is 23.6 Å². The number of carbonyl (C=O) groups excluding carboxylic acids is 3. The highest BCUT2D eigenvalue weighted by Gasteiger charge is 2.35. The summed E-state index contributed by atoms with van der Waals surface area (Å²) in [5.41, 5.74) is 1.02. The highest BCUT2D eigenvalue weighted by atomic mass is 16.6. The second kappa shape index (κ2) is 6.97. The van der Waals surface area contributed by atoms with E-state index >= 15 is 0 Å². The van der Waals surface area contributed by atoms with Crippen LogP contribution in [-0.4, -0.2) is 59.5 Å². The van der Waals surface area contributed by atoms with Crippen molar-refractivity contribution in [2.75, 3.05) is 31.5 Å². The van der Waals surface area contributed by atoms with E-state index < -0.39 is 11.5 Å². The summed E-state index contributed by atoms with van der Waals surface area (Å²) in [7, 11) is 0. The van der Waals surface area contributed by atoms with Gasteiger partial charge in [-0.2, -0.15) is 0 Å². The third kappa shape index (κ3) is 3.98. The zero-order chi connectivity index (χ0) is 18.9. The van der Waals surface area contributed by atoms with Gasteiger partial charge in [-0.25, -0.2) is 4.79 Å². The summed E-state index contributed by atoms with van der Waals surface area (Å²) in [6.45, 7) is 7.24. The van der Waals surface area contributed by atoms with Gasteiger partial charge in [0.15, 0.2) is 0 Å². The van der Waals surface area contributed by atoms with Crippen LogP contribution in [0.4, 0.5) is 10.5 Å². The van der Waals surface area contributed by atoms with E-state index in [0.717, 1.165) is 5.56 Å². The van der Waals surface area contributed by atoms with Gasteiger partial charge < -0.3 is 19.9 Å². The van der Waals surface area contributed by atoms with Crippen LogP contribution >= 0.6 is 0 Å². The van der Waals surface area contributed by atoms with E-state index in [-0.39, 0.29) is 24.3 Å². The number of benzene rings is 1. The minimum Gasteiger partial charge on any atom is -0.444 e.